The van der Waals surface area contributed by atoms with Crippen molar-refractivity contribution in [2.45, 2.75) is 24.3 Å². The lowest BCUT2D eigenvalue weighted by Crippen LogP contribution is -2.22. The lowest BCUT2D eigenvalue weighted by Gasteiger charge is -2.11. The minimum Gasteiger partial charge on any atom is -0.325 e. The molecule has 1 aromatic heterocycles. The second-order valence-corrected chi connectivity index (χ2v) is 5.65. The highest BCUT2D eigenvalue weighted by molar-refractivity contribution is 8.00. The number of halogens is 1. The molecule has 2 aromatic rings. The average Bonchev–Trinajstić information content (AvgIpc) is 2.73. The summed E-state index contributed by atoms with van der Waals surface area (Å²) in [6.45, 7) is 3.63. The topological polar surface area (TPSA) is 59.8 Å². The zero-order chi connectivity index (χ0) is 14.7. The maximum atomic E-state index is 12.8. The van der Waals surface area contributed by atoms with Gasteiger partial charge in [0.2, 0.25) is 5.91 Å². The number of thioether (sulfide) groups is 1. The monoisotopic (exact) mass is 294 g/mol. The van der Waals surface area contributed by atoms with Gasteiger partial charge < -0.3 is 9.88 Å². The van der Waals surface area contributed by atoms with Crippen molar-refractivity contribution < 1.29 is 9.18 Å². The number of carbonyl (C=O) groups excluding carboxylic acids is 1. The summed E-state index contributed by atoms with van der Waals surface area (Å²) in [5.74, 6) is 0.292. The maximum absolute atomic E-state index is 12.8. The standard InChI is InChI=1S/C13H15FN4OS/c1-8(20-13-17-16-9(2)18(13)3)12(19)15-11-6-4-10(14)5-7-11/h4-8H,1-3H3,(H,15,19)/t8-/m0/s1. The molecule has 1 atom stereocenters. The van der Waals surface area contributed by atoms with Crippen LogP contribution in [0.25, 0.3) is 0 Å². The lowest BCUT2D eigenvalue weighted by molar-refractivity contribution is -0.115. The Morgan fingerprint density at radius 3 is 2.55 bits per heavy atom. The van der Waals surface area contributed by atoms with Gasteiger partial charge in [-0.3, -0.25) is 4.79 Å². The molecule has 2 rings (SSSR count). The van der Waals surface area contributed by atoms with Gasteiger partial charge in [-0.05, 0) is 38.1 Å². The van der Waals surface area contributed by atoms with Crippen molar-refractivity contribution in [2.24, 2.45) is 7.05 Å². The summed E-state index contributed by atoms with van der Waals surface area (Å²) in [6, 6.07) is 5.66. The number of hydrogen-bond donors (Lipinski definition) is 1. The molecule has 0 saturated carbocycles. The number of aryl methyl sites for hydroxylation is 1. The van der Waals surface area contributed by atoms with Gasteiger partial charge in [0.15, 0.2) is 5.16 Å². The summed E-state index contributed by atoms with van der Waals surface area (Å²) in [6.07, 6.45) is 0. The van der Waals surface area contributed by atoms with Crippen molar-refractivity contribution in [3.8, 4) is 0 Å². The fourth-order valence-corrected chi connectivity index (χ4v) is 2.34. The summed E-state index contributed by atoms with van der Waals surface area (Å²) in [7, 11) is 1.85. The molecule has 0 aliphatic heterocycles. The van der Waals surface area contributed by atoms with Crippen molar-refractivity contribution in [2.75, 3.05) is 5.32 Å². The molecule has 0 saturated heterocycles. The van der Waals surface area contributed by atoms with Crippen molar-refractivity contribution >= 4 is 23.4 Å². The van der Waals surface area contributed by atoms with E-state index in [9.17, 15) is 9.18 Å². The fraction of sp³-hybridized carbons (Fsp3) is 0.308. The van der Waals surface area contributed by atoms with Gasteiger partial charge in [0.25, 0.3) is 0 Å². The molecule has 106 valence electrons. The zero-order valence-corrected chi connectivity index (χ0v) is 12.2. The highest BCUT2D eigenvalue weighted by Crippen LogP contribution is 2.22. The van der Waals surface area contributed by atoms with Crippen LogP contribution in [0.4, 0.5) is 10.1 Å². The molecule has 0 radical (unpaired) electrons. The number of carbonyl (C=O) groups is 1. The highest BCUT2D eigenvalue weighted by Gasteiger charge is 2.18. The second-order valence-electron chi connectivity index (χ2n) is 4.35. The van der Waals surface area contributed by atoms with E-state index in [2.05, 4.69) is 15.5 Å². The Bertz CT molecular complexity index is 611. The maximum Gasteiger partial charge on any atom is 0.237 e. The zero-order valence-electron chi connectivity index (χ0n) is 11.4. The van der Waals surface area contributed by atoms with Crippen molar-refractivity contribution in [3.05, 3.63) is 35.9 Å². The third-order valence-corrected chi connectivity index (χ3v) is 3.95. The Labute approximate surface area is 120 Å². The van der Waals surface area contributed by atoms with E-state index in [0.29, 0.717) is 10.8 Å². The molecule has 7 heteroatoms. The van der Waals surface area contributed by atoms with E-state index in [1.807, 2.05) is 18.5 Å². The summed E-state index contributed by atoms with van der Waals surface area (Å²) >= 11 is 1.32. The smallest absolute Gasteiger partial charge is 0.237 e. The molecule has 5 nitrogen and oxygen atoms in total. The van der Waals surface area contributed by atoms with Crippen LogP contribution in [0.2, 0.25) is 0 Å². The lowest BCUT2D eigenvalue weighted by atomic mass is 10.3. The molecular weight excluding hydrogens is 279 g/mol. The van der Waals surface area contributed by atoms with Crippen LogP contribution in [0.5, 0.6) is 0 Å². The summed E-state index contributed by atoms with van der Waals surface area (Å²) < 4.78 is 14.6. The highest BCUT2D eigenvalue weighted by atomic mass is 32.2. The number of anilines is 1. The largest absolute Gasteiger partial charge is 0.325 e. The van der Waals surface area contributed by atoms with Gasteiger partial charge in [-0.25, -0.2) is 4.39 Å². The first-order valence-electron chi connectivity index (χ1n) is 6.06. The van der Waals surface area contributed by atoms with E-state index < -0.39 is 0 Å². The number of hydrogen-bond acceptors (Lipinski definition) is 4. The number of nitrogens with zero attached hydrogens (tertiary/aromatic N) is 3. The Hall–Kier alpha value is -1.89. The van der Waals surface area contributed by atoms with Crippen molar-refractivity contribution in [1.82, 2.24) is 14.8 Å². The molecule has 0 unspecified atom stereocenters. The molecule has 20 heavy (non-hydrogen) atoms. The third kappa shape index (κ3) is 3.36. The van der Waals surface area contributed by atoms with Gasteiger partial charge in [0, 0.05) is 12.7 Å². The van der Waals surface area contributed by atoms with Crippen LogP contribution in [0.3, 0.4) is 0 Å². The van der Waals surface area contributed by atoms with Gasteiger partial charge >= 0.3 is 0 Å². The van der Waals surface area contributed by atoms with E-state index in [4.69, 9.17) is 0 Å². The predicted octanol–water partition coefficient (Wildman–Crippen LogP) is 2.38. The number of nitrogens with one attached hydrogen (secondary N) is 1. The van der Waals surface area contributed by atoms with E-state index in [0.717, 1.165) is 5.82 Å². The number of rotatable bonds is 4. The quantitative estimate of drug-likeness (QED) is 0.880. The number of amides is 1. The van der Waals surface area contributed by atoms with Crippen molar-refractivity contribution in [1.29, 1.82) is 0 Å². The van der Waals surface area contributed by atoms with Crippen molar-refractivity contribution in [3.63, 3.8) is 0 Å². The molecule has 0 bridgehead atoms. The first-order valence-corrected chi connectivity index (χ1v) is 6.94. The van der Waals surface area contributed by atoms with E-state index in [-0.39, 0.29) is 17.0 Å². The predicted molar refractivity (Wildman–Crippen MR) is 76.1 cm³/mol. The first kappa shape index (κ1) is 14.5. The molecule has 1 amide bonds. The SMILES string of the molecule is Cc1nnc(S[C@@H](C)C(=O)Nc2ccc(F)cc2)n1C. The van der Waals surface area contributed by atoms with Gasteiger partial charge in [-0.1, -0.05) is 11.8 Å². The summed E-state index contributed by atoms with van der Waals surface area (Å²) in [5.41, 5.74) is 0.568. The molecule has 1 heterocycles. The third-order valence-electron chi connectivity index (χ3n) is 2.82. The number of aromatic nitrogens is 3. The molecule has 0 aliphatic rings. The summed E-state index contributed by atoms with van der Waals surface area (Å²) in [5, 5.41) is 11.0. The van der Waals surface area contributed by atoms with E-state index in [1.54, 1.807) is 6.92 Å². The van der Waals surface area contributed by atoms with Crippen LogP contribution < -0.4 is 5.32 Å². The second kappa shape index (κ2) is 6.04. The molecule has 0 spiro atoms. The average molecular weight is 294 g/mol. The minimum absolute atomic E-state index is 0.165. The van der Waals surface area contributed by atoms with E-state index in [1.165, 1.54) is 36.0 Å². The van der Waals surface area contributed by atoms with Gasteiger partial charge in [-0.2, -0.15) is 0 Å². The molecular formula is C13H15FN4OS. The van der Waals surface area contributed by atoms with Crippen LogP contribution >= 0.6 is 11.8 Å². The Morgan fingerprint density at radius 1 is 1.35 bits per heavy atom. The van der Waals surface area contributed by atoms with Crippen LogP contribution in [0.1, 0.15) is 12.7 Å². The Balaban J connectivity index is 1.98. The van der Waals surface area contributed by atoms with Gasteiger partial charge in [0.1, 0.15) is 11.6 Å². The molecule has 0 aliphatic carbocycles. The Kier molecular flexibility index (Phi) is 4.39. The van der Waals surface area contributed by atoms with Gasteiger partial charge in [0.05, 0.1) is 5.25 Å². The molecule has 1 N–H and O–H groups in total. The summed E-state index contributed by atoms with van der Waals surface area (Å²) in [4.78, 5) is 12.0. The van der Waals surface area contributed by atoms with E-state index >= 15 is 0 Å². The van der Waals surface area contributed by atoms with Crippen LogP contribution in [-0.2, 0) is 11.8 Å². The van der Waals surface area contributed by atoms with Crippen LogP contribution in [-0.4, -0.2) is 25.9 Å². The molecule has 1 aromatic carbocycles. The Morgan fingerprint density at radius 2 is 2.00 bits per heavy atom. The van der Waals surface area contributed by atoms with Crippen LogP contribution in [0.15, 0.2) is 29.4 Å². The minimum atomic E-state index is -0.333. The first-order chi connectivity index (χ1) is 9.47. The normalized spacial score (nSPS) is 12.2. The number of benzene rings is 1. The molecule has 0 fully saturated rings. The van der Waals surface area contributed by atoms with Gasteiger partial charge in [-0.15, -0.1) is 10.2 Å². The fourth-order valence-electron chi connectivity index (χ4n) is 1.48. The van der Waals surface area contributed by atoms with Crippen LogP contribution in [0, 0.1) is 12.7 Å².